The quantitative estimate of drug-likeness (QED) is 0.900. The van der Waals surface area contributed by atoms with Gasteiger partial charge in [-0.2, -0.15) is 0 Å². The minimum Gasteiger partial charge on any atom is -0.379 e. The van der Waals surface area contributed by atoms with Crippen molar-refractivity contribution >= 4 is 5.91 Å². The Morgan fingerprint density at radius 2 is 1.81 bits per heavy atom. The van der Waals surface area contributed by atoms with Crippen LogP contribution in [0.5, 0.6) is 0 Å². The third-order valence-electron chi connectivity index (χ3n) is 4.48. The largest absolute Gasteiger partial charge is 0.379 e. The summed E-state index contributed by atoms with van der Waals surface area (Å²) in [6.07, 6.45) is 3.32. The summed E-state index contributed by atoms with van der Waals surface area (Å²) in [6.45, 7) is 5.33. The monoisotopic (exact) mass is 288 g/mol. The van der Waals surface area contributed by atoms with Crippen LogP contribution < -0.4 is 5.32 Å². The SMILES string of the molecule is O=C(NCc1ccc(CN2CCOCC2)cc1)C1CCC1. The number of hydrogen-bond acceptors (Lipinski definition) is 3. The van der Waals surface area contributed by atoms with Gasteiger partial charge < -0.3 is 10.1 Å². The van der Waals surface area contributed by atoms with Crippen molar-refractivity contribution in [3.63, 3.8) is 0 Å². The lowest BCUT2D eigenvalue weighted by Gasteiger charge is -2.26. The van der Waals surface area contributed by atoms with E-state index in [1.165, 1.54) is 17.5 Å². The number of ether oxygens (including phenoxy) is 1. The third kappa shape index (κ3) is 4.05. The van der Waals surface area contributed by atoms with Crippen LogP contribution in [0.1, 0.15) is 30.4 Å². The van der Waals surface area contributed by atoms with Gasteiger partial charge >= 0.3 is 0 Å². The summed E-state index contributed by atoms with van der Waals surface area (Å²) in [4.78, 5) is 14.2. The van der Waals surface area contributed by atoms with Crippen LogP contribution in [-0.2, 0) is 22.6 Å². The number of nitrogens with one attached hydrogen (secondary N) is 1. The van der Waals surface area contributed by atoms with Crippen molar-refractivity contribution in [3.8, 4) is 0 Å². The van der Waals surface area contributed by atoms with Crippen LogP contribution in [0.25, 0.3) is 0 Å². The second kappa shape index (κ2) is 7.05. The van der Waals surface area contributed by atoms with E-state index in [-0.39, 0.29) is 11.8 Å². The molecule has 1 aliphatic carbocycles. The molecule has 1 saturated heterocycles. The highest BCUT2D eigenvalue weighted by Gasteiger charge is 2.24. The maximum absolute atomic E-state index is 11.8. The second-order valence-corrected chi connectivity index (χ2v) is 6.05. The molecule has 0 bridgehead atoms. The van der Waals surface area contributed by atoms with Crippen LogP contribution in [-0.4, -0.2) is 37.1 Å². The third-order valence-corrected chi connectivity index (χ3v) is 4.48. The van der Waals surface area contributed by atoms with E-state index in [2.05, 4.69) is 34.5 Å². The molecule has 1 aliphatic heterocycles. The van der Waals surface area contributed by atoms with Crippen molar-refractivity contribution in [3.05, 3.63) is 35.4 Å². The molecule has 0 radical (unpaired) electrons. The smallest absolute Gasteiger partial charge is 0.223 e. The molecule has 1 heterocycles. The predicted molar refractivity (Wildman–Crippen MR) is 81.7 cm³/mol. The Bertz CT molecular complexity index is 462. The van der Waals surface area contributed by atoms with E-state index in [1.54, 1.807) is 0 Å². The van der Waals surface area contributed by atoms with Crippen molar-refractivity contribution in [2.45, 2.75) is 32.4 Å². The van der Waals surface area contributed by atoms with Gasteiger partial charge in [0.15, 0.2) is 0 Å². The lowest BCUT2D eigenvalue weighted by molar-refractivity contribution is -0.127. The van der Waals surface area contributed by atoms with E-state index in [1.807, 2.05) is 0 Å². The molecule has 0 atom stereocenters. The molecule has 1 saturated carbocycles. The Morgan fingerprint density at radius 1 is 1.14 bits per heavy atom. The molecule has 1 aromatic rings. The summed E-state index contributed by atoms with van der Waals surface area (Å²) >= 11 is 0. The molecule has 3 rings (SSSR count). The van der Waals surface area contributed by atoms with E-state index in [9.17, 15) is 4.79 Å². The Hall–Kier alpha value is -1.39. The molecule has 0 unspecified atom stereocenters. The van der Waals surface area contributed by atoms with Crippen molar-refractivity contribution in [2.24, 2.45) is 5.92 Å². The maximum atomic E-state index is 11.8. The Kier molecular flexibility index (Phi) is 4.88. The molecule has 0 aromatic heterocycles. The molecule has 21 heavy (non-hydrogen) atoms. The van der Waals surface area contributed by atoms with Gasteiger partial charge in [0.05, 0.1) is 13.2 Å². The van der Waals surface area contributed by atoms with Crippen molar-refractivity contribution in [1.82, 2.24) is 10.2 Å². The minimum absolute atomic E-state index is 0.221. The fraction of sp³-hybridized carbons (Fsp3) is 0.588. The Morgan fingerprint density at radius 3 is 2.43 bits per heavy atom. The summed E-state index contributed by atoms with van der Waals surface area (Å²) in [7, 11) is 0. The first-order chi connectivity index (χ1) is 10.3. The highest BCUT2D eigenvalue weighted by molar-refractivity contribution is 5.79. The van der Waals surface area contributed by atoms with E-state index in [0.29, 0.717) is 6.54 Å². The zero-order valence-electron chi connectivity index (χ0n) is 12.5. The highest BCUT2D eigenvalue weighted by atomic mass is 16.5. The van der Waals surface area contributed by atoms with Gasteiger partial charge in [-0.05, 0) is 24.0 Å². The molecular formula is C17H24N2O2. The average molecular weight is 288 g/mol. The van der Waals surface area contributed by atoms with Crippen LogP contribution >= 0.6 is 0 Å². The molecule has 1 amide bonds. The van der Waals surface area contributed by atoms with Crippen LogP contribution in [0.3, 0.4) is 0 Å². The topological polar surface area (TPSA) is 41.6 Å². The summed E-state index contributed by atoms with van der Waals surface area (Å²) in [5.41, 5.74) is 2.50. The first-order valence-corrected chi connectivity index (χ1v) is 7.97. The summed E-state index contributed by atoms with van der Waals surface area (Å²) in [5.74, 6) is 0.490. The van der Waals surface area contributed by atoms with E-state index < -0.39 is 0 Å². The molecule has 4 heteroatoms. The molecule has 1 N–H and O–H groups in total. The summed E-state index contributed by atoms with van der Waals surface area (Å²) in [6, 6.07) is 8.58. The zero-order chi connectivity index (χ0) is 14.5. The van der Waals surface area contributed by atoms with Crippen LogP contribution in [0, 0.1) is 5.92 Å². The van der Waals surface area contributed by atoms with Gasteiger partial charge in [0.1, 0.15) is 0 Å². The molecule has 0 spiro atoms. The van der Waals surface area contributed by atoms with Gasteiger partial charge in [-0.25, -0.2) is 0 Å². The summed E-state index contributed by atoms with van der Waals surface area (Å²) in [5, 5.41) is 3.04. The second-order valence-electron chi connectivity index (χ2n) is 6.05. The molecule has 4 nitrogen and oxygen atoms in total. The van der Waals surface area contributed by atoms with Crippen LogP contribution in [0.2, 0.25) is 0 Å². The van der Waals surface area contributed by atoms with Gasteiger partial charge in [-0.1, -0.05) is 30.7 Å². The van der Waals surface area contributed by atoms with E-state index >= 15 is 0 Å². The number of amides is 1. The van der Waals surface area contributed by atoms with Gasteiger partial charge in [0.2, 0.25) is 5.91 Å². The highest BCUT2D eigenvalue weighted by Crippen LogP contribution is 2.26. The molecule has 2 aliphatic rings. The van der Waals surface area contributed by atoms with E-state index in [0.717, 1.165) is 45.7 Å². The maximum Gasteiger partial charge on any atom is 0.223 e. The number of nitrogens with zero attached hydrogens (tertiary/aromatic N) is 1. The van der Waals surface area contributed by atoms with Crippen LogP contribution in [0.15, 0.2) is 24.3 Å². The van der Waals surface area contributed by atoms with Crippen LogP contribution in [0.4, 0.5) is 0 Å². The number of carbonyl (C=O) groups is 1. The number of carbonyl (C=O) groups excluding carboxylic acids is 1. The standard InChI is InChI=1S/C17H24N2O2/c20-17(16-2-1-3-16)18-12-14-4-6-15(7-5-14)13-19-8-10-21-11-9-19/h4-7,16H,1-3,8-13H2,(H,18,20). The fourth-order valence-corrected chi connectivity index (χ4v) is 2.78. The number of rotatable bonds is 5. The predicted octanol–water partition coefficient (Wildman–Crippen LogP) is 1.94. The molecular weight excluding hydrogens is 264 g/mol. The Labute approximate surface area is 126 Å². The van der Waals surface area contributed by atoms with Gasteiger partial charge in [-0.15, -0.1) is 0 Å². The zero-order valence-corrected chi connectivity index (χ0v) is 12.5. The lowest BCUT2D eigenvalue weighted by Crippen LogP contribution is -2.35. The number of morpholine rings is 1. The van der Waals surface area contributed by atoms with Crippen molar-refractivity contribution < 1.29 is 9.53 Å². The van der Waals surface area contributed by atoms with Gasteiger partial charge in [-0.3, -0.25) is 9.69 Å². The van der Waals surface area contributed by atoms with Gasteiger partial charge in [0.25, 0.3) is 0 Å². The lowest BCUT2D eigenvalue weighted by atomic mass is 9.85. The summed E-state index contributed by atoms with van der Waals surface area (Å²) < 4.78 is 5.36. The van der Waals surface area contributed by atoms with Crippen molar-refractivity contribution in [1.29, 1.82) is 0 Å². The number of hydrogen-bond donors (Lipinski definition) is 1. The van der Waals surface area contributed by atoms with Gasteiger partial charge in [0, 0.05) is 32.1 Å². The number of benzene rings is 1. The van der Waals surface area contributed by atoms with Crippen molar-refractivity contribution in [2.75, 3.05) is 26.3 Å². The normalized spacial score (nSPS) is 20.0. The molecule has 1 aromatic carbocycles. The Balaban J connectivity index is 1.45. The minimum atomic E-state index is 0.221. The first-order valence-electron chi connectivity index (χ1n) is 7.97. The van der Waals surface area contributed by atoms with E-state index in [4.69, 9.17) is 4.74 Å². The fourth-order valence-electron chi connectivity index (χ4n) is 2.78. The average Bonchev–Trinajstić information content (AvgIpc) is 2.46. The first kappa shape index (κ1) is 14.5. The molecule has 2 fully saturated rings. The molecule has 114 valence electrons.